The molecular weight excluding hydrogens is 216 g/mol. The number of aromatic hydroxyl groups is 1. The van der Waals surface area contributed by atoms with Crippen LogP contribution in [0, 0.1) is 10.1 Å². The fourth-order valence-electron chi connectivity index (χ4n) is 1.23. The zero-order valence-electron chi connectivity index (χ0n) is 8.28. The third kappa shape index (κ3) is 2.45. The van der Waals surface area contributed by atoms with Crippen LogP contribution in [0.3, 0.4) is 0 Å². The third-order valence-electron chi connectivity index (χ3n) is 2.15. The lowest BCUT2D eigenvalue weighted by molar-refractivity contribution is -0.385. The molecule has 0 saturated heterocycles. The molecule has 1 aromatic rings. The topological polar surface area (TPSA) is 130 Å². The van der Waals surface area contributed by atoms with Crippen LogP contribution in [0.25, 0.3) is 0 Å². The van der Waals surface area contributed by atoms with E-state index in [0.29, 0.717) is 0 Å². The van der Waals surface area contributed by atoms with Gasteiger partial charge in [-0.3, -0.25) is 10.1 Å². The summed E-state index contributed by atoms with van der Waals surface area (Å²) in [5, 5.41) is 38.7. The van der Waals surface area contributed by atoms with Crippen molar-refractivity contribution in [2.75, 3.05) is 6.54 Å². The van der Waals surface area contributed by atoms with Gasteiger partial charge < -0.3 is 21.1 Å². The summed E-state index contributed by atoms with van der Waals surface area (Å²) >= 11 is 0. The zero-order valence-corrected chi connectivity index (χ0v) is 8.28. The van der Waals surface area contributed by atoms with Crippen LogP contribution in [-0.2, 0) is 0 Å². The molecule has 0 bridgehead atoms. The van der Waals surface area contributed by atoms with Crippen molar-refractivity contribution in [1.82, 2.24) is 0 Å². The summed E-state index contributed by atoms with van der Waals surface area (Å²) in [4.78, 5) is 9.82. The van der Waals surface area contributed by atoms with E-state index in [-0.39, 0.29) is 23.5 Å². The number of phenolic OH excluding ortho intramolecular Hbond substituents is 1. The van der Waals surface area contributed by atoms with Gasteiger partial charge in [0.15, 0.2) is 0 Å². The first kappa shape index (κ1) is 12.4. The van der Waals surface area contributed by atoms with Crippen LogP contribution in [-0.4, -0.2) is 32.9 Å². The van der Waals surface area contributed by atoms with E-state index in [4.69, 9.17) is 5.73 Å². The average molecular weight is 228 g/mol. The molecule has 0 aliphatic rings. The van der Waals surface area contributed by atoms with Gasteiger partial charge >= 0.3 is 0 Å². The molecule has 1 rings (SSSR count). The number of benzene rings is 1. The standard InChI is InChI=1S/C9H12N2O5/c10-4-8(13)9(14)6-3-5(11(15)16)1-2-7(6)12/h1-3,8-9,12-14H,4,10H2. The van der Waals surface area contributed by atoms with Crippen LogP contribution in [0.5, 0.6) is 5.75 Å². The van der Waals surface area contributed by atoms with E-state index < -0.39 is 17.1 Å². The molecule has 2 atom stereocenters. The van der Waals surface area contributed by atoms with Crippen molar-refractivity contribution >= 4 is 5.69 Å². The molecule has 0 radical (unpaired) electrons. The molecule has 5 N–H and O–H groups in total. The Balaban J connectivity index is 3.11. The quantitative estimate of drug-likeness (QED) is 0.411. The molecule has 88 valence electrons. The lowest BCUT2D eigenvalue weighted by Crippen LogP contribution is -2.27. The second-order valence-corrected chi connectivity index (χ2v) is 3.25. The van der Waals surface area contributed by atoms with E-state index in [1.165, 1.54) is 0 Å². The Bertz CT molecular complexity index is 395. The van der Waals surface area contributed by atoms with Crippen molar-refractivity contribution in [3.8, 4) is 5.75 Å². The van der Waals surface area contributed by atoms with Crippen LogP contribution in [0.2, 0.25) is 0 Å². The number of aliphatic hydroxyl groups is 2. The number of nitrogens with two attached hydrogens (primary N) is 1. The van der Waals surface area contributed by atoms with Crippen LogP contribution >= 0.6 is 0 Å². The highest BCUT2D eigenvalue weighted by Crippen LogP contribution is 2.29. The Morgan fingerprint density at radius 2 is 2.06 bits per heavy atom. The Morgan fingerprint density at radius 1 is 1.44 bits per heavy atom. The number of phenols is 1. The number of aliphatic hydroxyl groups excluding tert-OH is 2. The van der Waals surface area contributed by atoms with Gasteiger partial charge in [0.1, 0.15) is 11.9 Å². The second kappa shape index (κ2) is 4.88. The van der Waals surface area contributed by atoms with Gasteiger partial charge in [0, 0.05) is 24.2 Å². The van der Waals surface area contributed by atoms with Crippen molar-refractivity contribution in [3.05, 3.63) is 33.9 Å². The van der Waals surface area contributed by atoms with Gasteiger partial charge in [-0.05, 0) is 6.07 Å². The summed E-state index contributed by atoms with van der Waals surface area (Å²) in [5.41, 5.74) is 4.73. The summed E-state index contributed by atoms with van der Waals surface area (Å²) in [6.07, 6.45) is -2.74. The normalized spacial score (nSPS) is 14.4. The summed E-state index contributed by atoms with van der Waals surface area (Å²) in [6, 6.07) is 3.18. The van der Waals surface area contributed by atoms with E-state index in [2.05, 4.69) is 0 Å². The van der Waals surface area contributed by atoms with Gasteiger partial charge in [-0.2, -0.15) is 0 Å². The summed E-state index contributed by atoms with van der Waals surface area (Å²) in [5.74, 6) is -0.328. The molecule has 7 nitrogen and oxygen atoms in total. The smallest absolute Gasteiger partial charge is 0.270 e. The maximum Gasteiger partial charge on any atom is 0.270 e. The molecular formula is C9H12N2O5. The number of nitro groups is 1. The fourth-order valence-corrected chi connectivity index (χ4v) is 1.23. The van der Waals surface area contributed by atoms with E-state index in [1.54, 1.807) is 0 Å². The van der Waals surface area contributed by atoms with E-state index >= 15 is 0 Å². The molecule has 0 fully saturated rings. The van der Waals surface area contributed by atoms with Gasteiger partial charge in [-0.1, -0.05) is 0 Å². The lowest BCUT2D eigenvalue weighted by Gasteiger charge is -2.17. The SMILES string of the molecule is NCC(O)C(O)c1cc([N+](=O)[O-])ccc1O. The summed E-state index contributed by atoms with van der Waals surface area (Å²) in [7, 11) is 0. The Labute approximate surface area is 90.9 Å². The highest BCUT2D eigenvalue weighted by Gasteiger charge is 2.22. The minimum atomic E-state index is -1.45. The van der Waals surface area contributed by atoms with Crippen LogP contribution < -0.4 is 5.73 Å². The molecule has 0 heterocycles. The minimum Gasteiger partial charge on any atom is -0.508 e. The van der Waals surface area contributed by atoms with Crippen LogP contribution in [0.15, 0.2) is 18.2 Å². The number of rotatable bonds is 4. The minimum absolute atomic E-state index is 0.118. The number of hydrogen-bond donors (Lipinski definition) is 4. The first-order valence-electron chi connectivity index (χ1n) is 4.51. The maximum absolute atomic E-state index is 10.5. The predicted octanol–water partition coefficient (Wildman–Crippen LogP) is -0.347. The number of nitro benzene ring substituents is 1. The molecule has 0 aromatic heterocycles. The molecule has 0 amide bonds. The number of hydrogen-bond acceptors (Lipinski definition) is 6. The van der Waals surface area contributed by atoms with Gasteiger partial charge in [-0.25, -0.2) is 0 Å². The summed E-state index contributed by atoms with van der Waals surface area (Å²) < 4.78 is 0. The second-order valence-electron chi connectivity index (χ2n) is 3.25. The van der Waals surface area contributed by atoms with Crippen molar-refractivity contribution < 1.29 is 20.2 Å². The van der Waals surface area contributed by atoms with Gasteiger partial charge in [0.05, 0.1) is 11.0 Å². The fraction of sp³-hybridized carbons (Fsp3) is 0.333. The van der Waals surface area contributed by atoms with E-state index in [1.807, 2.05) is 0 Å². The molecule has 2 unspecified atom stereocenters. The van der Waals surface area contributed by atoms with Gasteiger partial charge in [0.25, 0.3) is 5.69 Å². The highest BCUT2D eigenvalue weighted by atomic mass is 16.6. The first-order chi connectivity index (χ1) is 7.47. The molecule has 0 saturated carbocycles. The highest BCUT2D eigenvalue weighted by molar-refractivity contribution is 5.44. The first-order valence-corrected chi connectivity index (χ1v) is 4.51. The molecule has 0 spiro atoms. The number of non-ortho nitro benzene ring substituents is 1. The maximum atomic E-state index is 10.5. The van der Waals surface area contributed by atoms with Gasteiger partial charge in [-0.15, -0.1) is 0 Å². The zero-order chi connectivity index (χ0) is 12.3. The molecule has 16 heavy (non-hydrogen) atoms. The molecule has 7 heteroatoms. The molecule has 0 aliphatic carbocycles. The largest absolute Gasteiger partial charge is 0.508 e. The third-order valence-corrected chi connectivity index (χ3v) is 2.15. The number of nitrogens with zero attached hydrogens (tertiary/aromatic N) is 1. The Hall–Kier alpha value is -1.70. The van der Waals surface area contributed by atoms with Crippen LogP contribution in [0.4, 0.5) is 5.69 Å². The average Bonchev–Trinajstić information content (AvgIpc) is 2.27. The molecule has 1 aromatic carbocycles. The molecule has 0 aliphatic heterocycles. The monoisotopic (exact) mass is 228 g/mol. The summed E-state index contributed by atoms with van der Waals surface area (Å²) in [6.45, 7) is -0.219. The predicted molar refractivity (Wildman–Crippen MR) is 54.8 cm³/mol. The lowest BCUT2D eigenvalue weighted by atomic mass is 10.0. The van der Waals surface area contributed by atoms with E-state index in [0.717, 1.165) is 18.2 Å². The van der Waals surface area contributed by atoms with Crippen molar-refractivity contribution in [1.29, 1.82) is 0 Å². The Kier molecular flexibility index (Phi) is 3.78. The Morgan fingerprint density at radius 3 is 2.56 bits per heavy atom. The van der Waals surface area contributed by atoms with E-state index in [9.17, 15) is 25.4 Å². The van der Waals surface area contributed by atoms with Crippen molar-refractivity contribution in [2.45, 2.75) is 12.2 Å². The van der Waals surface area contributed by atoms with Gasteiger partial charge in [0.2, 0.25) is 0 Å². The van der Waals surface area contributed by atoms with Crippen molar-refractivity contribution in [3.63, 3.8) is 0 Å². The van der Waals surface area contributed by atoms with Crippen LogP contribution in [0.1, 0.15) is 11.7 Å². The van der Waals surface area contributed by atoms with Crippen molar-refractivity contribution in [2.24, 2.45) is 5.73 Å².